The fourth-order valence-electron chi connectivity index (χ4n) is 3.96. The van der Waals surface area contributed by atoms with E-state index in [0.717, 1.165) is 12.8 Å². The van der Waals surface area contributed by atoms with Crippen LogP contribution in [0.5, 0.6) is 0 Å². The summed E-state index contributed by atoms with van der Waals surface area (Å²) in [5.74, 6) is -0.253. The van der Waals surface area contributed by atoms with E-state index in [1.54, 1.807) is 12.1 Å². The van der Waals surface area contributed by atoms with E-state index in [9.17, 15) is 9.59 Å². The number of rotatable bonds is 16. The predicted octanol–water partition coefficient (Wildman–Crippen LogP) is 7.32. The normalized spacial score (nSPS) is 13.6. The standard InChI is InChI=1S/C26H39NO2/c1-2-3-4-5-6-7-8-9-10-11-12-13-14-15-16-19-22-27-25(28)23-20-17-18-21-24(23)26(27)29/h9-10,17-18,20-21H,2-8,11-16,19,22H2,1H3/b10-9+. The number of benzene rings is 1. The summed E-state index contributed by atoms with van der Waals surface area (Å²) in [6.07, 6.45) is 22.4. The number of hydrogen-bond donors (Lipinski definition) is 0. The van der Waals surface area contributed by atoms with Crippen molar-refractivity contribution in [2.24, 2.45) is 0 Å². The summed E-state index contributed by atoms with van der Waals surface area (Å²) >= 11 is 0. The van der Waals surface area contributed by atoms with Gasteiger partial charge in [-0.3, -0.25) is 14.5 Å². The van der Waals surface area contributed by atoms with Crippen LogP contribution in [0.4, 0.5) is 0 Å². The van der Waals surface area contributed by atoms with Crippen LogP contribution in [0.25, 0.3) is 0 Å². The summed E-state index contributed by atoms with van der Waals surface area (Å²) in [5, 5.41) is 0. The van der Waals surface area contributed by atoms with E-state index >= 15 is 0 Å². The molecule has 0 saturated carbocycles. The monoisotopic (exact) mass is 397 g/mol. The summed E-state index contributed by atoms with van der Waals surface area (Å²) < 4.78 is 0. The zero-order valence-corrected chi connectivity index (χ0v) is 18.3. The van der Waals surface area contributed by atoms with Crippen molar-refractivity contribution >= 4 is 11.8 Å². The number of fused-ring (bicyclic) bond motifs is 1. The molecule has 2 amide bonds. The number of nitrogens with zero attached hydrogens (tertiary/aromatic N) is 1. The van der Waals surface area contributed by atoms with Gasteiger partial charge in [-0.05, 0) is 44.2 Å². The lowest BCUT2D eigenvalue weighted by atomic mass is 10.1. The highest BCUT2D eigenvalue weighted by molar-refractivity contribution is 6.21. The topological polar surface area (TPSA) is 37.4 Å². The molecule has 0 radical (unpaired) electrons. The fourth-order valence-corrected chi connectivity index (χ4v) is 3.96. The third-order valence-corrected chi connectivity index (χ3v) is 5.77. The summed E-state index contributed by atoms with van der Waals surface area (Å²) in [6.45, 7) is 2.81. The first-order valence-electron chi connectivity index (χ1n) is 11.9. The third kappa shape index (κ3) is 8.16. The van der Waals surface area contributed by atoms with Crippen LogP contribution in [0.1, 0.15) is 118 Å². The maximum atomic E-state index is 12.3. The van der Waals surface area contributed by atoms with Crippen LogP contribution >= 0.6 is 0 Å². The number of imide groups is 1. The van der Waals surface area contributed by atoms with Gasteiger partial charge in [-0.1, -0.05) is 89.0 Å². The van der Waals surface area contributed by atoms with Crippen LogP contribution in [-0.4, -0.2) is 23.3 Å². The Kier molecular flexibility index (Phi) is 11.4. The van der Waals surface area contributed by atoms with Crippen LogP contribution in [0, 0.1) is 0 Å². The highest BCUT2D eigenvalue weighted by atomic mass is 16.2. The van der Waals surface area contributed by atoms with E-state index in [0.29, 0.717) is 17.7 Å². The van der Waals surface area contributed by atoms with Gasteiger partial charge in [0.25, 0.3) is 11.8 Å². The lowest BCUT2D eigenvalue weighted by Crippen LogP contribution is -2.30. The highest BCUT2D eigenvalue weighted by Gasteiger charge is 2.34. The van der Waals surface area contributed by atoms with E-state index in [1.165, 1.54) is 81.9 Å². The SMILES string of the molecule is CCCCCCCC/C=C/CCCCCCCCN1C(=O)c2ccccc2C1=O. The van der Waals surface area contributed by atoms with Gasteiger partial charge in [-0.15, -0.1) is 0 Å². The van der Waals surface area contributed by atoms with Crippen LogP contribution in [0.3, 0.4) is 0 Å². The number of allylic oxidation sites excluding steroid dienone is 2. The summed E-state index contributed by atoms with van der Waals surface area (Å²) in [7, 11) is 0. The van der Waals surface area contributed by atoms with Gasteiger partial charge in [0.2, 0.25) is 0 Å². The van der Waals surface area contributed by atoms with Crippen molar-refractivity contribution in [3.8, 4) is 0 Å². The van der Waals surface area contributed by atoms with Gasteiger partial charge in [0.15, 0.2) is 0 Å². The number of amides is 2. The van der Waals surface area contributed by atoms with Crippen molar-refractivity contribution in [2.45, 2.75) is 96.8 Å². The highest BCUT2D eigenvalue weighted by Crippen LogP contribution is 2.23. The van der Waals surface area contributed by atoms with Gasteiger partial charge in [-0.2, -0.15) is 0 Å². The Balaban J connectivity index is 1.41. The molecular weight excluding hydrogens is 358 g/mol. The van der Waals surface area contributed by atoms with E-state index in [-0.39, 0.29) is 11.8 Å². The Morgan fingerprint density at radius 1 is 0.655 bits per heavy atom. The quantitative estimate of drug-likeness (QED) is 0.166. The first-order chi connectivity index (χ1) is 14.3. The molecule has 3 heteroatoms. The molecule has 0 aliphatic carbocycles. The minimum absolute atomic E-state index is 0.127. The maximum Gasteiger partial charge on any atom is 0.261 e. The van der Waals surface area contributed by atoms with Gasteiger partial charge in [0.05, 0.1) is 11.1 Å². The fraction of sp³-hybridized carbons (Fsp3) is 0.615. The minimum Gasteiger partial charge on any atom is -0.274 e. The summed E-state index contributed by atoms with van der Waals surface area (Å²) in [4.78, 5) is 26.0. The smallest absolute Gasteiger partial charge is 0.261 e. The average Bonchev–Trinajstić information content (AvgIpc) is 2.98. The van der Waals surface area contributed by atoms with Gasteiger partial charge in [0.1, 0.15) is 0 Å². The first-order valence-corrected chi connectivity index (χ1v) is 11.9. The third-order valence-electron chi connectivity index (χ3n) is 5.77. The lowest BCUT2D eigenvalue weighted by Gasteiger charge is -2.13. The molecule has 1 aliphatic heterocycles. The molecular formula is C26H39NO2. The van der Waals surface area contributed by atoms with Crippen LogP contribution in [0.2, 0.25) is 0 Å². The molecule has 1 aliphatic rings. The van der Waals surface area contributed by atoms with Crippen LogP contribution in [-0.2, 0) is 0 Å². The van der Waals surface area contributed by atoms with Crippen LogP contribution < -0.4 is 0 Å². The molecule has 0 aromatic heterocycles. The Morgan fingerprint density at radius 2 is 1.10 bits per heavy atom. The van der Waals surface area contributed by atoms with Gasteiger partial charge < -0.3 is 0 Å². The molecule has 2 rings (SSSR count). The largest absolute Gasteiger partial charge is 0.274 e. The van der Waals surface area contributed by atoms with E-state index in [1.807, 2.05) is 12.1 Å². The van der Waals surface area contributed by atoms with Gasteiger partial charge in [-0.25, -0.2) is 0 Å². The Morgan fingerprint density at radius 3 is 1.62 bits per heavy atom. The maximum absolute atomic E-state index is 12.3. The molecule has 0 saturated heterocycles. The number of unbranched alkanes of at least 4 members (excludes halogenated alkanes) is 12. The molecule has 0 spiro atoms. The van der Waals surface area contributed by atoms with Crippen molar-refractivity contribution in [1.82, 2.24) is 4.90 Å². The zero-order valence-electron chi connectivity index (χ0n) is 18.3. The Labute approximate surface area is 177 Å². The van der Waals surface area contributed by atoms with E-state index in [4.69, 9.17) is 0 Å². The Bertz CT molecular complexity index is 615. The van der Waals surface area contributed by atoms with Crippen LogP contribution in [0.15, 0.2) is 36.4 Å². The molecule has 0 atom stereocenters. The zero-order chi connectivity index (χ0) is 20.7. The molecule has 0 fully saturated rings. The van der Waals surface area contributed by atoms with Gasteiger partial charge in [0, 0.05) is 6.54 Å². The minimum atomic E-state index is -0.127. The lowest BCUT2D eigenvalue weighted by molar-refractivity contribution is 0.0651. The summed E-state index contributed by atoms with van der Waals surface area (Å²) in [6, 6.07) is 7.13. The second kappa shape index (κ2) is 14.1. The van der Waals surface area contributed by atoms with Crippen molar-refractivity contribution in [3.05, 3.63) is 47.5 Å². The van der Waals surface area contributed by atoms with Gasteiger partial charge >= 0.3 is 0 Å². The number of carbonyl (C=O) groups excluding carboxylic acids is 2. The molecule has 0 bridgehead atoms. The molecule has 0 unspecified atom stereocenters. The molecule has 1 aromatic rings. The second-order valence-corrected chi connectivity index (χ2v) is 8.25. The number of carbonyl (C=O) groups is 2. The second-order valence-electron chi connectivity index (χ2n) is 8.25. The van der Waals surface area contributed by atoms with E-state index < -0.39 is 0 Å². The molecule has 160 valence electrons. The van der Waals surface area contributed by atoms with E-state index in [2.05, 4.69) is 19.1 Å². The molecule has 1 aromatic carbocycles. The summed E-state index contributed by atoms with van der Waals surface area (Å²) in [5.41, 5.74) is 1.11. The number of hydrogen-bond acceptors (Lipinski definition) is 2. The van der Waals surface area contributed by atoms with Crippen molar-refractivity contribution in [3.63, 3.8) is 0 Å². The first kappa shape index (κ1) is 23.4. The molecule has 0 N–H and O–H groups in total. The Hall–Kier alpha value is -1.90. The molecule has 3 nitrogen and oxygen atoms in total. The van der Waals surface area contributed by atoms with Crippen molar-refractivity contribution in [2.75, 3.05) is 6.54 Å². The predicted molar refractivity (Wildman–Crippen MR) is 121 cm³/mol. The van der Waals surface area contributed by atoms with Crippen molar-refractivity contribution in [1.29, 1.82) is 0 Å². The molecule has 29 heavy (non-hydrogen) atoms. The van der Waals surface area contributed by atoms with Crippen molar-refractivity contribution < 1.29 is 9.59 Å². The average molecular weight is 398 g/mol. The molecule has 1 heterocycles.